The first-order chi connectivity index (χ1) is 15.1. The van der Waals surface area contributed by atoms with Gasteiger partial charge in [0.2, 0.25) is 11.8 Å². The molecule has 1 heterocycles. The van der Waals surface area contributed by atoms with Crippen molar-refractivity contribution in [1.82, 2.24) is 10.2 Å². The first-order valence-electron chi connectivity index (χ1n) is 9.63. The molecule has 0 aliphatic rings. The van der Waals surface area contributed by atoms with Gasteiger partial charge >= 0.3 is 0 Å². The van der Waals surface area contributed by atoms with E-state index < -0.39 is 11.8 Å². The van der Waals surface area contributed by atoms with Crippen molar-refractivity contribution in [1.29, 1.82) is 0 Å². The monoisotopic (exact) mass is 421 g/mol. The summed E-state index contributed by atoms with van der Waals surface area (Å²) in [6.07, 6.45) is 1.49. The van der Waals surface area contributed by atoms with Gasteiger partial charge in [-0.1, -0.05) is 30.3 Å². The summed E-state index contributed by atoms with van der Waals surface area (Å²) in [5.74, 6) is -0.164. The minimum atomic E-state index is -0.421. The van der Waals surface area contributed by atoms with Gasteiger partial charge in [-0.15, -0.1) is 0 Å². The van der Waals surface area contributed by atoms with E-state index >= 15 is 0 Å². The molecule has 2 N–H and O–H groups in total. The van der Waals surface area contributed by atoms with Crippen molar-refractivity contribution >= 4 is 23.4 Å². The highest BCUT2D eigenvalue weighted by Crippen LogP contribution is 2.22. The highest BCUT2D eigenvalue weighted by molar-refractivity contribution is 5.98. The molecule has 0 saturated carbocycles. The number of hydrogen-bond donors (Lipinski definition) is 2. The van der Waals surface area contributed by atoms with Crippen molar-refractivity contribution in [2.75, 3.05) is 25.5 Å². The van der Waals surface area contributed by atoms with Crippen molar-refractivity contribution < 1.29 is 23.5 Å². The summed E-state index contributed by atoms with van der Waals surface area (Å²) in [4.78, 5) is 38.9. The largest absolute Gasteiger partial charge is 0.495 e. The molecule has 2 aromatic carbocycles. The Kier molecular flexibility index (Phi) is 7.42. The van der Waals surface area contributed by atoms with Crippen LogP contribution in [0.25, 0.3) is 0 Å². The molecule has 8 heteroatoms. The summed E-state index contributed by atoms with van der Waals surface area (Å²) in [5.41, 5.74) is 0.944. The van der Waals surface area contributed by atoms with E-state index in [1.807, 2.05) is 0 Å². The Morgan fingerprint density at radius 1 is 0.968 bits per heavy atom. The fourth-order valence-corrected chi connectivity index (χ4v) is 2.89. The van der Waals surface area contributed by atoms with Crippen LogP contribution >= 0.6 is 0 Å². The smallest absolute Gasteiger partial charge is 0.251 e. The van der Waals surface area contributed by atoms with Crippen LogP contribution in [0, 0.1) is 0 Å². The second-order valence-corrected chi connectivity index (χ2v) is 6.63. The van der Waals surface area contributed by atoms with Gasteiger partial charge in [0.1, 0.15) is 18.1 Å². The number of hydrogen-bond acceptors (Lipinski definition) is 5. The quantitative estimate of drug-likeness (QED) is 0.553. The topological polar surface area (TPSA) is 101 Å². The average Bonchev–Trinajstić information content (AvgIpc) is 3.31. The van der Waals surface area contributed by atoms with Gasteiger partial charge < -0.3 is 24.7 Å². The zero-order valence-electron chi connectivity index (χ0n) is 17.0. The third-order valence-corrected chi connectivity index (χ3v) is 4.43. The number of carbonyl (C=O) groups excluding carboxylic acids is 3. The number of ether oxygens (including phenoxy) is 1. The predicted molar refractivity (Wildman–Crippen MR) is 115 cm³/mol. The third kappa shape index (κ3) is 6.20. The Morgan fingerprint density at radius 2 is 1.71 bits per heavy atom. The number of para-hydroxylation sites is 2. The summed E-state index contributed by atoms with van der Waals surface area (Å²) in [5, 5.41) is 5.33. The molecule has 0 atom stereocenters. The van der Waals surface area contributed by atoms with E-state index in [0.29, 0.717) is 22.8 Å². The van der Waals surface area contributed by atoms with Crippen LogP contribution in [0.5, 0.6) is 5.75 Å². The first kappa shape index (κ1) is 21.6. The molecule has 0 saturated heterocycles. The number of amides is 3. The highest BCUT2D eigenvalue weighted by Gasteiger charge is 2.20. The molecule has 0 unspecified atom stereocenters. The van der Waals surface area contributed by atoms with Crippen LogP contribution in [-0.2, 0) is 16.1 Å². The summed E-state index contributed by atoms with van der Waals surface area (Å²) < 4.78 is 10.5. The van der Waals surface area contributed by atoms with Gasteiger partial charge in [0, 0.05) is 5.56 Å². The van der Waals surface area contributed by atoms with Crippen molar-refractivity contribution in [2.45, 2.75) is 6.54 Å². The second kappa shape index (κ2) is 10.6. The predicted octanol–water partition coefficient (Wildman–Crippen LogP) is 2.69. The van der Waals surface area contributed by atoms with E-state index in [1.165, 1.54) is 18.3 Å². The van der Waals surface area contributed by atoms with Crippen molar-refractivity contribution in [2.24, 2.45) is 0 Å². The molecule has 3 aromatic rings. The minimum absolute atomic E-state index is 0.0897. The summed E-state index contributed by atoms with van der Waals surface area (Å²) in [6, 6.07) is 19.0. The van der Waals surface area contributed by atoms with E-state index in [9.17, 15) is 14.4 Å². The molecular formula is C23H23N3O5. The lowest BCUT2D eigenvalue weighted by Gasteiger charge is -2.22. The number of benzene rings is 2. The Labute approximate surface area is 179 Å². The lowest BCUT2D eigenvalue weighted by Crippen LogP contribution is -2.43. The van der Waals surface area contributed by atoms with Crippen LogP contribution in [-0.4, -0.2) is 42.8 Å². The zero-order valence-corrected chi connectivity index (χ0v) is 17.0. The molecule has 0 spiro atoms. The molecule has 3 rings (SSSR count). The number of anilines is 1. The Balaban J connectivity index is 1.65. The van der Waals surface area contributed by atoms with E-state index in [0.717, 1.165) is 0 Å². The van der Waals surface area contributed by atoms with Crippen LogP contribution in [0.3, 0.4) is 0 Å². The number of nitrogens with zero attached hydrogens (tertiary/aromatic N) is 1. The van der Waals surface area contributed by atoms with Crippen LogP contribution in [0.15, 0.2) is 77.4 Å². The van der Waals surface area contributed by atoms with Gasteiger partial charge in [-0.3, -0.25) is 14.4 Å². The van der Waals surface area contributed by atoms with Crippen molar-refractivity contribution in [3.8, 4) is 5.75 Å². The Hall–Kier alpha value is -4.07. The lowest BCUT2D eigenvalue weighted by atomic mass is 10.2. The molecule has 8 nitrogen and oxygen atoms in total. The maximum Gasteiger partial charge on any atom is 0.251 e. The van der Waals surface area contributed by atoms with E-state index in [4.69, 9.17) is 9.15 Å². The van der Waals surface area contributed by atoms with Crippen LogP contribution in [0.2, 0.25) is 0 Å². The molecular weight excluding hydrogens is 398 g/mol. The van der Waals surface area contributed by atoms with Crippen LogP contribution in [0.1, 0.15) is 16.1 Å². The molecule has 0 aliphatic carbocycles. The number of methoxy groups -OCH3 is 1. The molecule has 0 bridgehead atoms. The first-order valence-corrected chi connectivity index (χ1v) is 9.63. The zero-order chi connectivity index (χ0) is 22.1. The van der Waals surface area contributed by atoms with Gasteiger partial charge in [-0.25, -0.2) is 0 Å². The summed E-state index contributed by atoms with van der Waals surface area (Å²) in [7, 11) is 1.51. The molecule has 0 fully saturated rings. The van der Waals surface area contributed by atoms with Gasteiger partial charge in [0.15, 0.2) is 0 Å². The van der Waals surface area contributed by atoms with Crippen molar-refractivity contribution in [3.05, 3.63) is 84.3 Å². The highest BCUT2D eigenvalue weighted by atomic mass is 16.5. The van der Waals surface area contributed by atoms with Gasteiger partial charge in [0.25, 0.3) is 5.91 Å². The van der Waals surface area contributed by atoms with E-state index in [-0.39, 0.29) is 25.5 Å². The molecule has 160 valence electrons. The SMILES string of the molecule is COc1ccccc1NC(=O)CN(Cc1ccco1)C(=O)CNC(=O)c1ccccc1. The van der Waals surface area contributed by atoms with Gasteiger partial charge in [-0.2, -0.15) is 0 Å². The molecule has 0 aliphatic heterocycles. The second-order valence-electron chi connectivity index (χ2n) is 6.63. The molecule has 0 radical (unpaired) electrons. The summed E-state index contributed by atoms with van der Waals surface area (Å²) >= 11 is 0. The maximum atomic E-state index is 12.8. The number of nitrogens with one attached hydrogen (secondary N) is 2. The lowest BCUT2D eigenvalue weighted by molar-refractivity contribution is -0.134. The molecule has 1 aromatic heterocycles. The number of furan rings is 1. The number of carbonyl (C=O) groups is 3. The van der Waals surface area contributed by atoms with Gasteiger partial charge in [-0.05, 0) is 36.4 Å². The maximum absolute atomic E-state index is 12.8. The van der Waals surface area contributed by atoms with Crippen molar-refractivity contribution in [3.63, 3.8) is 0 Å². The van der Waals surface area contributed by atoms with Crippen LogP contribution in [0.4, 0.5) is 5.69 Å². The third-order valence-electron chi connectivity index (χ3n) is 4.43. The minimum Gasteiger partial charge on any atom is -0.495 e. The fourth-order valence-electron chi connectivity index (χ4n) is 2.89. The molecule has 3 amide bonds. The fraction of sp³-hybridized carbons (Fsp3) is 0.174. The van der Waals surface area contributed by atoms with Crippen LogP contribution < -0.4 is 15.4 Å². The van der Waals surface area contributed by atoms with E-state index in [1.54, 1.807) is 66.7 Å². The van der Waals surface area contributed by atoms with Gasteiger partial charge in [0.05, 0.1) is 32.1 Å². The normalized spacial score (nSPS) is 10.2. The average molecular weight is 421 g/mol. The Bertz CT molecular complexity index is 1020. The standard InChI is InChI=1S/C23H23N3O5/c1-30-20-12-6-5-11-19(20)25-21(27)16-26(15-18-10-7-13-31-18)22(28)14-24-23(29)17-8-3-2-4-9-17/h2-13H,14-16H2,1H3,(H,24,29)(H,25,27). The summed E-state index contributed by atoms with van der Waals surface area (Å²) in [6.45, 7) is -0.387. The van der Waals surface area contributed by atoms with E-state index in [2.05, 4.69) is 10.6 Å². The number of rotatable bonds is 9. The molecule has 31 heavy (non-hydrogen) atoms. The Morgan fingerprint density at radius 3 is 2.42 bits per heavy atom.